The Bertz CT molecular complexity index is 784. The largest absolute Gasteiger partial charge is 0.207 e. The average Bonchev–Trinajstić information content (AvgIpc) is 3.05. The molecule has 0 aromatic heterocycles. The maximum absolute atomic E-state index is 13.6. The van der Waals surface area contributed by atoms with Gasteiger partial charge in [0.2, 0.25) is 0 Å². The fourth-order valence-electron chi connectivity index (χ4n) is 7.02. The van der Waals surface area contributed by atoms with Gasteiger partial charge in [0.25, 0.3) is 0 Å². The molecule has 37 heavy (non-hydrogen) atoms. The van der Waals surface area contributed by atoms with Crippen LogP contribution in [-0.2, 0) is 6.42 Å². The van der Waals surface area contributed by atoms with E-state index in [0.29, 0.717) is 5.92 Å². The number of halogens is 1. The van der Waals surface area contributed by atoms with E-state index in [1.165, 1.54) is 115 Å². The highest BCUT2D eigenvalue weighted by Crippen LogP contribution is 2.38. The molecule has 0 N–H and O–H groups in total. The molecule has 1 saturated carbocycles. The number of hydrogen-bond acceptors (Lipinski definition) is 2. The number of hydrogen-bond donors (Lipinski definition) is 0. The Morgan fingerprint density at radius 1 is 0.892 bits per heavy atom. The first-order valence-corrected chi connectivity index (χ1v) is 17.2. The van der Waals surface area contributed by atoms with Gasteiger partial charge in [-0.3, -0.25) is 0 Å². The lowest BCUT2D eigenvalue weighted by molar-refractivity contribution is 0.172. The molecule has 1 heterocycles. The first-order valence-electron chi connectivity index (χ1n) is 16.0. The van der Waals surface area contributed by atoms with Crippen molar-refractivity contribution in [3.8, 4) is 0 Å². The van der Waals surface area contributed by atoms with E-state index in [0.717, 1.165) is 45.6 Å². The lowest BCUT2D eigenvalue weighted by Crippen LogP contribution is -2.23. The molecule has 3 heteroatoms. The molecule has 1 aliphatic carbocycles. The molecule has 1 aliphatic heterocycles. The first kappa shape index (κ1) is 31.1. The van der Waals surface area contributed by atoms with E-state index >= 15 is 0 Å². The van der Waals surface area contributed by atoms with Crippen molar-refractivity contribution in [1.82, 2.24) is 0 Å². The van der Waals surface area contributed by atoms with Crippen LogP contribution >= 0.6 is 24.0 Å². The van der Waals surface area contributed by atoms with Crippen molar-refractivity contribution in [2.24, 2.45) is 29.6 Å². The maximum Gasteiger partial charge on any atom is 0.124 e. The number of thioether (sulfide) groups is 1. The number of aryl methyl sites for hydroxylation is 1. The molecule has 0 spiro atoms. The smallest absolute Gasteiger partial charge is 0.124 e. The third kappa shape index (κ3) is 10.9. The second kappa shape index (κ2) is 17.3. The molecule has 0 radical (unpaired) electrons. The van der Waals surface area contributed by atoms with E-state index in [1.807, 2.05) is 6.07 Å². The first-order chi connectivity index (χ1) is 18.0. The van der Waals surface area contributed by atoms with Gasteiger partial charge in [-0.1, -0.05) is 154 Å². The van der Waals surface area contributed by atoms with Crippen LogP contribution in [0.5, 0.6) is 0 Å². The van der Waals surface area contributed by atoms with Gasteiger partial charge in [-0.15, -0.1) is 0 Å². The van der Waals surface area contributed by atoms with Crippen molar-refractivity contribution in [1.29, 1.82) is 0 Å². The Morgan fingerprint density at radius 2 is 1.59 bits per heavy atom. The summed E-state index contributed by atoms with van der Waals surface area (Å²) in [7, 11) is 0. The highest BCUT2D eigenvalue weighted by molar-refractivity contribution is 8.23. The van der Waals surface area contributed by atoms with Crippen molar-refractivity contribution >= 4 is 28.2 Å². The normalized spacial score (nSPS) is 21.3. The van der Waals surface area contributed by atoms with Gasteiger partial charge in [0, 0.05) is 10.8 Å². The van der Waals surface area contributed by atoms with Crippen LogP contribution in [0, 0.1) is 35.4 Å². The van der Waals surface area contributed by atoms with E-state index in [-0.39, 0.29) is 5.82 Å². The van der Waals surface area contributed by atoms with Crippen LogP contribution in [0.1, 0.15) is 142 Å². The zero-order valence-electron chi connectivity index (χ0n) is 24.2. The Morgan fingerprint density at radius 3 is 2.35 bits per heavy atom. The Kier molecular flexibility index (Phi) is 14.6. The van der Waals surface area contributed by atoms with Crippen LogP contribution in [0.4, 0.5) is 4.39 Å². The molecule has 210 valence electrons. The molecule has 3 rings (SSSR count). The third-order valence-electron chi connectivity index (χ3n) is 9.67. The molecular formula is C34H55FS2. The summed E-state index contributed by atoms with van der Waals surface area (Å²) >= 11 is 7.39. The number of benzene rings is 1. The summed E-state index contributed by atoms with van der Waals surface area (Å²) in [5.74, 6) is 4.13. The van der Waals surface area contributed by atoms with Gasteiger partial charge < -0.3 is 0 Å². The fraction of sp³-hybridized carbons (Fsp3) is 0.794. The molecule has 4 atom stereocenters. The molecule has 4 unspecified atom stereocenters. The third-order valence-corrected chi connectivity index (χ3v) is 11.4. The summed E-state index contributed by atoms with van der Waals surface area (Å²) in [4.78, 5) is 1.04. The minimum absolute atomic E-state index is 0.146. The lowest BCUT2D eigenvalue weighted by atomic mass is 9.72. The van der Waals surface area contributed by atoms with Crippen LogP contribution in [-0.4, -0.2) is 4.20 Å². The number of fused-ring (bicyclic) bond motifs is 1. The number of thiocarbonyl (C=S) groups is 1. The Hall–Kier alpha value is -0.410. The summed E-state index contributed by atoms with van der Waals surface area (Å²) in [6.45, 7) is 7.42. The van der Waals surface area contributed by atoms with E-state index in [2.05, 4.69) is 20.8 Å². The van der Waals surface area contributed by atoms with Crippen molar-refractivity contribution in [3.63, 3.8) is 0 Å². The summed E-state index contributed by atoms with van der Waals surface area (Å²) in [5.41, 5.74) is 1.27. The molecule has 1 fully saturated rings. The molecular weight excluding hydrogens is 492 g/mol. The SMILES string of the molecule is CCCCC(CCCCCC(C)CCCCC1CCc2ccc(F)cc2SC1=S)C(C)C1CCCCC1. The van der Waals surface area contributed by atoms with Crippen LogP contribution < -0.4 is 0 Å². The van der Waals surface area contributed by atoms with Gasteiger partial charge in [0.15, 0.2) is 0 Å². The molecule has 2 aliphatic rings. The maximum atomic E-state index is 13.6. The zero-order chi connectivity index (χ0) is 26.5. The van der Waals surface area contributed by atoms with E-state index in [4.69, 9.17) is 12.2 Å². The Labute approximate surface area is 238 Å². The zero-order valence-corrected chi connectivity index (χ0v) is 25.9. The minimum atomic E-state index is -0.146. The van der Waals surface area contributed by atoms with Gasteiger partial charge in [-0.25, -0.2) is 4.39 Å². The standard InChI is InChI=1S/C34H55FS2/c1-4-5-16-28(27(3)29-18-10-7-11-19-29)17-9-6-8-14-26(2)15-12-13-20-31-22-21-30-23-24-32(35)25-33(30)37-34(31)36/h23-29,31H,4-22H2,1-3H3. The van der Waals surface area contributed by atoms with Crippen LogP contribution in [0.3, 0.4) is 0 Å². The average molecular weight is 547 g/mol. The summed E-state index contributed by atoms with van der Waals surface area (Å²) in [5, 5.41) is 0. The van der Waals surface area contributed by atoms with Crippen LogP contribution in [0.2, 0.25) is 0 Å². The van der Waals surface area contributed by atoms with Crippen LogP contribution in [0.15, 0.2) is 23.1 Å². The summed E-state index contributed by atoms with van der Waals surface area (Å²) < 4.78 is 14.7. The molecule has 0 nitrogen and oxygen atoms in total. The number of unbranched alkanes of at least 4 members (excludes halogenated alkanes) is 4. The highest BCUT2D eigenvalue weighted by atomic mass is 32.2. The van der Waals surface area contributed by atoms with Gasteiger partial charge in [-0.2, -0.15) is 0 Å². The van der Waals surface area contributed by atoms with Crippen LogP contribution in [0.25, 0.3) is 0 Å². The summed E-state index contributed by atoms with van der Waals surface area (Å²) in [6, 6.07) is 5.21. The number of rotatable bonds is 16. The molecule has 1 aromatic rings. The van der Waals surface area contributed by atoms with Crippen molar-refractivity contribution in [2.45, 2.75) is 148 Å². The molecule has 0 saturated heterocycles. The predicted octanol–water partition coefficient (Wildman–Crippen LogP) is 12.0. The summed E-state index contributed by atoms with van der Waals surface area (Å²) in [6.07, 6.45) is 26.2. The monoisotopic (exact) mass is 546 g/mol. The van der Waals surface area contributed by atoms with Crippen molar-refractivity contribution in [3.05, 3.63) is 29.6 Å². The van der Waals surface area contributed by atoms with Gasteiger partial charge in [0.05, 0.1) is 4.20 Å². The van der Waals surface area contributed by atoms with Gasteiger partial charge >= 0.3 is 0 Å². The quantitative estimate of drug-likeness (QED) is 0.149. The second-order valence-electron chi connectivity index (χ2n) is 12.6. The fourth-order valence-corrected chi connectivity index (χ4v) is 8.61. The van der Waals surface area contributed by atoms with E-state index < -0.39 is 0 Å². The molecule has 0 amide bonds. The van der Waals surface area contributed by atoms with Crippen molar-refractivity contribution in [2.75, 3.05) is 0 Å². The molecule has 1 aromatic carbocycles. The predicted molar refractivity (Wildman–Crippen MR) is 166 cm³/mol. The van der Waals surface area contributed by atoms with E-state index in [1.54, 1.807) is 23.9 Å². The van der Waals surface area contributed by atoms with Gasteiger partial charge in [-0.05, 0) is 60.6 Å². The highest BCUT2D eigenvalue weighted by Gasteiger charge is 2.26. The van der Waals surface area contributed by atoms with Gasteiger partial charge in [0.1, 0.15) is 5.82 Å². The second-order valence-corrected chi connectivity index (χ2v) is 14.4. The lowest BCUT2D eigenvalue weighted by Gasteiger charge is -2.34. The Balaban J connectivity index is 1.26. The van der Waals surface area contributed by atoms with Crippen molar-refractivity contribution < 1.29 is 4.39 Å². The van der Waals surface area contributed by atoms with E-state index in [9.17, 15) is 4.39 Å². The molecule has 0 bridgehead atoms. The topological polar surface area (TPSA) is 0 Å². The minimum Gasteiger partial charge on any atom is -0.207 e.